The summed E-state index contributed by atoms with van der Waals surface area (Å²) in [4.78, 5) is 18.7. The first-order valence-corrected chi connectivity index (χ1v) is 14.1. The minimum Gasteiger partial charge on any atom is -0.487 e. The smallest absolute Gasteiger partial charge is 0.344 e. The van der Waals surface area contributed by atoms with E-state index in [1.54, 1.807) is 30.8 Å². The number of aromatic nitrogens is 2. The minimum absolute atomic E-state index is 0.0106. The monoisotopic (exact) mass is 566 g/mol. The van der Waals surface area contributed by atoms with Gasteiger partial charge in [0.25, 0.3) is 0 Å². The van der Waals surface area contributed by atoms with E-state index in [-0.39, 0.29) is 17.8 Å². The van der Waals surface area contributed by atoms with Crippen LogP contribution in [0.5, 0.6) is 5.75 Å². The third-order valence-corrected chi connectivity index (χ3v) is 7.71. The van der Waals surface area contributed by atoms with Crippen LogP contribution >= 0.6 is 23.4 Å². The average molecular weight is 567 g/mol. The molecule has 8 heteroatoms. The topological polar surface area (TPSA) is 73.6 Å². The van der Waals surface area contributed by atoms with Crippen molar-refractivity contribution in [1.82, 2.24) is 9.55 Å². The Morgan fingerprint density at radius 3 is 2.54 bits per heavy atom. The Balaban J connectivity index is 1.85. The van der Waals surface area contributed by atoms with E-state index in [1.807, 2.05) is 67.2 Å². The zero-order valence-corrected chi connectivity index (χ0v) is 24.8. The molecule has 2 aromatic heterocycles. The van der Waals surface area contributed by atoms with Crippen molar-refractivity contribution in [3.05, 3.63) is 88.3 Å². The molecule has 1 unspecified atom stereocenters. The highest BCUT2D eigenvalue weighted by Crippen LogP contribution is 2.46. The molecule has 0 amide bonds. The molecule has 4 rings (SSSR count). The van der Waals surface area contributed by atoms with E-state index in [1.165, 1.54) is 0 Å². The van der Waals surface area contributed by atoms with Gasteiger partial charge < -0.3 is 19.1 Å². The number of pyridine rings is 1. The molecule has 4 aromatic rings. The van der Waals surface area contributed by atoms with Crippen molar-refractivity contribution in [2.45, 2.75) is 62.9 Å². The van der Waals surface area contributed by atoms with Crippen LogP contribution in [0, 0.1) is 6.92 Å². The number of thioether (sulfide) groups is 1. The molecule has 2 aromatic carbocycles. The molecule has 206 valence electrons. The number of carbonyl (C=O) groups is 1. The van der Waals surface area contributed by atoms with Crippen molar-refractivity contribution in [3.8, 4) is 5.75 Å². The van der Waals surface area contributed by atoms with Crippen LogP contribution in [0.3, 0.4) is 0 Å². The zero-order chi connectivity index (χ0) is 28.4. The van der Waals surface area contributed by atoms with Crippen molar-refractivity contribution >= 4 is 40.2 Å². The van der Waals surface area contributed by atoms with Gasteiger partial charge in [0.05, 0.1) is 18.0 Å². The summed E-state index contributed by atoms with van der Waals surface area (Å²) in [6, 6.07) is 16.9. The number of halogens is 1. The second-order valence-corrected chi connectivity index (χ2v) is 12.9. The standard InChI is InChI=1S/C31H35ClN2O4S/c1-7-37-29(35)31(36,17-21-9-8-10-22(32)15-21)28-27(39-30(3,4)5)25-16-24(13-14-26(25)34(28)6)38-19-23-12-11-20(2)18-33-23/h8-16,18,36H,7,17,19H2,1-6H3. The molecule has 6 nitrogen and oxygen atoms in total. The van der Waals surface area contributed by atoms with Crippen LogP contribution in [0.4, 0.5) is 0 Å². The number of aryl methyl sites for hydroxylation is 2. The first kappa shape index (κ1) is 29.0. The molecule has 0 saturated heterocycles. The molecule has 0 spiro atoms. The highest BCUT2D eigenvalue weighted by atomic mass is 35.5. The Morgan fingerprint density at radius 2 is 1.90 bits per heavy atom. The quantitative estimate of drug-likeness (QED) is 0.174. The number of hydrogen-bond acceptors (Lipinski definition) is 6. The van der Waals surface area contributed by atoms with Gasteiger partial charge in [-0.2, -0.15) is 0 Å². The molecule has 2 heterocycles. The number of ether oxygens (including phenoxy) is 2. The number of nitrogens with zero attached hydrogens (tertiary/aromatic N) is 2. The van der Waals surface area contributed by atoms with Crippen molar-refractivity contribution in [3.63, 3.8) is 0 Å². The van der Waals surface area contributed by atoms with Crippen molar-refractivity contribution < 1.29 is 19.4 Å². The molecule has 0 bridgehead atoms. The van der Waals surface area contributed by atoms with Crippen molar-refractivity contribution in [2.75, 3.05) is 6.61 Å². The van der Waals surface area contributed by atoms with Crippen LogP contribution in [0.2, 0.25) is 5.02 Å². The van der Waals surface area contributed by atoms with Crippen LogP contribution in [0.15, 0.2) is 65.7 Å². The lowest BCUT2D eigenvalue weighted by Crippen LogP contribution is -2.41. The van der Waals surface area contributed by atoms with Crippen LogP contribution in [-0.2, 0) is 35.2 Å². The lowest BCUT2D eigenvalue weighted by atomic mass is 9.90. The molecule has 39 heavy (non-hydrogen) atoms. The van der Waals surface area contributed by atoms with Gasteiger partial charge in [-0.15, -0.1) is 11.8 Å². The summed E-state index contributed by atoms with van der Waals surface area (Å²) in [5.74, 6) is -0.0270. The fourth-order valence-corrected chi connectivity index (χ4v) is 6.04. The maximum atomic E-state index is 13.5. The Bertz CT molecular complexity index is 1480. The van der Waals surface area contributed by atoms with Gasteiger partial charge in [-0.05, 0) is 61.4 Å². The van der Waals surface area contributed by atoms with E-state index in [0.29, 0.717) is 23.1 Å². The summed E-state index contributed by atoms with van der Waals surface area (Å²) in [7, 11) is 1.86. The normalized spacial score (nSPS) is 13.3. The molecular formula is C31H35ClN2O4S. The lowest BCUT2D eigenvalue weighted by molar-refractivity contribution is -0.167. The average Bonchev–Trinajstić information content (AvgIpc) is 3.13. The molecule has 0 aliphatic rings. The molecule has 0 aliphatic carbocycles. The van der Waals surface area contributed by atoms with E-state index in [9.17, 15) is 9.90 Å². The first-order valence-electron chi connectivity index (χ1n) is 12.9. The molecule has 0 radical (unpaired) electrons. The minimum atomic E-state index is -1.95. The summed E-state index contributed by atoms with van der Waals surface area (Å²) < 4.78 is 13.2. The maximum Gasteiger partial charge on any atom is 0.344 e. The Morgan fingerprint density at radius 1 is 1.13 bits per heavy atom. The number of rotatable bonds is 9. The van der Waals surface area contributed by atoms with Gasteiger partial charge >= 0.3 is 5.97 Å². The van der Waals surface area contributed by atoms with Gasteiger partial charge in [0, 0.05) is 45.2 Å². The van der Waals surface area contributed by atoms with Crippen LogP contribution < -0.4 is 4.74 Å². The summed E-state index contributed by atoms with van der Waals surface area (Å²) in [5, 5.41) is 13.7. The number of benzene rings is 2. The second-order valence-electron chi connectivity index (χ2n) is 10.6. The fraction of sp³-hybridized carbons (Fsp3) is 0.355. The number of aliphatic hydroxyl groups is 1. The summed E-state index contributed by atoms with van der Waals surface area (Å²) in [5.41, 5.74) is 2.04. The van der Waals surface area contributed by atoms with Crippen molar-refractivity contribution in [2.24, 2.45) is 7.05 Å². The Kier molecular flexibility index (Phi) is 8.64. The predicted molar refractivity (Wildman–Crippen MR) is 158 cm³/mol. The highest BCUT2D eigenvalue weighted by molar-refractivity contribution is 8.00. The number of esters is 1. The fourth-order valence-electron chi connectivity index (χ4n) is 4.54. The van der Waals surface area contributed by atoms with Crippen molar-refractivity contribution in [1.29, 1.82) is 0 Å². The second kappa shape index (κ2) is 11.6. The van der Waals surface area contributed by atoms with E-state index in [4.69, 9.17) is 21.1 Å². The summed E-state index contributed by atoms with van der Waals surface area (Å²) in [6.45, 7) is 10.5. The Hall–Kier alpha value is -3.00. The van der Waals surface area contributed by atoms with Gasteiger partial charge in [0.2, 0.25) is 5.60 Å². The van der Waals surface area contributed by atoms with E-state index in [0.717, 1.165) is 32.6 Å². The van der Waals surface area contributed by atoms with Gasteiger partial charge in [-0.3, -0.25) is 4.98 Å². The van der Waals surface area contributed by atoms with Gasteiger partial charge in [-0.1, -0.05) is 50.6 Å². The van der Waals surface area contributed by atoms with Crippen LogP contribution in [-0.4, -0.2) is 32.0 Å². The third kappa shape index (κ3) is 6.60. The maximum absolute atomic E-state index is 13.5. The van der Waals surface area contributed by atoms with Gasteiger partial charge in [0.15, 0.2) is 0 Å². The Labute approximate surface area is 239 Å². The van der Waals surface area contributed by atoms with Gasteiger partial charge in [0.1, 0.15) is 12.4 Å². The largest absolute Gasteiger partial charge is 0.487 e. The number of hydrogen-bond donors (Lipinski definition) is 1. The van der Waals surface area contributed by atoms with Gasteiger partial charge in [-0.25, -0.2) is 4.79 Å². The molecule has 0 fully saturated rings. The SMILES string of the molecule is CCOC(=O)C(O)(Cc1cccc(Cl)c1)c1c(SC(C)(C)C)c2cc(OCc3ccc(C)cn3)ccc2n1C. The van der Waals surface area contributed by atoms with E-state index >= 15 is 0 Å². The number of carbonyl (C=O) groups excluding carboxylic acids is 1. The molecule has 1 atom stereocenters. The summed E-state index contributed by atoms with van der Waals surface area (Å²) >= 11 is 7.84. The predicted octanol–water partition coefficient (Wildman–Crippen LogP) is 7.00. The van der Waals surface area contributed by atoms with E-state index < -0.39 is 11.6 Å². The molecular weight excluding hydrogens is 532 g/mol. The first-order chi connectivity index (χ1) is 18.4. The molecule has 1 N–H and O–H groups in total. The lowest BCUT2D eigenvalue weighted by Gasteiger charge is -2.29. The molecule has 0 saturated carbocycles. The van der Waals surface area contributed by atoms with Crippen LogP contribution in [0.25, 0.3) is 10.9 Å². The number of fused-ring (bicyclic) bond motifs is 1. The van der Waals surface area contributed by atoms with Crippen LogP contribution in [0.1, 0.15) is 50.2 Å². The highest BCUT2D eigenvalue weighted by Gasteiger charge is 2.45. The summed E-state index contributed by atoms with van der Waals surface area (Å²) in [6.07, 6.45) is 1.83. The van der Waals surface area contributed by atoms with E-state index in [2.05, 4.69) is 25.8 Å². The zero-order valence-electron chi connectivity index (χ0n) is 23.2. The molecule has 0 aliphatic heterocycles. The third-order valence-electron chi connectivity index (χ3n) is 6.25.